The van der Waals surface area contributed by atoms with E-state index in [9.17, 15) is 22.8 Å². The number of nitrogens with zero attached hydrogens (tertiary/aromatic N) is 2. The van der Waals surface area contributed by atoms with Gasteiger partial charge in [-0.05, 0) is 30.7 Å². The zero-order valence-corrected chi connectivity index (χ0v) is 18.4. The molecule has 34 heavy (non-hydrogen) atoms. The standard InChI is InChI=1S/C22H16F3N3O5S/c1-11-17-19(29)27-21(30)28(7-6-22(23,24)25)20(17)34-18(11)12-2-5-16(26-9-12)33-13-3-4-14-15(8-13)32-10-31-14/h2-5,8-9H,6-7,10H2,1H3,(H,27,29,30). The second-order valence-electron chi connectivity index (χ2n) is 7.51. The third-order valence-electron chi connectivity index (χ3n) is 5.25. The van der Waals surface area contributed by atoms with Crippen molar-refractivity contribution in [2.24, 2.45) is 0 Å². The fourth-order valence-electron chi connectivity index (χ4n) is 3.63. The molecular formula is C22H16F3N3O5S. The summed E-state index contributed by atoms with van der Waals surface area (Å²) in [5, 5.41) is 0.183. The Hall–Kier alpha value is -3.80. The zero-order valence-electron chi connectivity index (χ0n) is 17.6. The third-order valence-corrected chi connectivity index (χ3v) is 6.61. The molecule has 0 aliphatic carbocycles. The highest BCUT2D eigenvalue weighted by Gasteiger charge is 2.28. The molecule has 0 saturated carbocycles. The molecule has 176 valence electrons. The summed E-state index contributed by atoms with van der Waals surface area (Å²) >= 11 is 1.07. The zero-order chi connectivity index (χ0) is 24.0. The Balaban J connectivity index is 1.47. The molecule has 1 aromatic carbocycles. The van der Waals surface area contributed by atoms with Gasteiger partial charge in [-0.3, -0.25) is 14.3 Å². The summed E-state index contributed by atoms with van der Waals surface area (Å²) in [6, 6.07) is 8.47. The molecule has 8 nitrogen and oxygen atoms in total. The average molecular weight is 491 g/mol. The molecule has 12 heteroatoms. The smallest absolute Gasteiger partial charge is 0.390 e. The summed E-state index contributed by atoms with van der Waals surface area (Å²) in [7, 11) is 0. The van der Waals surface area contributed by atoms with Crippen LogP contribution in [0.15, 0.2) is 46.1 Å². The summed E-state index contributed by atoms with van der Waals surface area (Å²) < 4.78 is 55.5. The van der Waals surface area contributed by atoms with Crippen molar-refractivity contribution in [3.63, 3.8) is 0 Å². The van der Waals surface area contributed by atoms with Crippen LogP contribution >= 0.6 is 11.3 Å². The first-order chi connectivity index (χ1) is 16.2. The number of halogens is 3. The maximum Gasteiger partial charge on any atom is 0.390 e. The van der Waals surface area contributed by atoms with E-state index in [1.807, 2.05) is 0 Å². The highest BCUT2D eigenvalue weighted by molar-refractivity contribution is 7.22. The number of aromatic nitrogens is 3. The van der Waals surface area contributed by atoms with Crippen molar-refractivity contribution in [3.05, 3.63) is 62.9 Å². The molecule has 0 radical (unpaired) electrons. The van der Waals surface area contributed by atoms with E-state index >= 15 is 0 Å². The Morgan fingerprint density at radius 2 is 1.97 bits per heavy atom. The van der Waals surface area contributed by atoms with E-state index in [0.29, 0.717) is 39.1 Å². The molecule has 0 atom stereocenters. The SMILES string of the molecule is Cc1c(-c2ccc(Oc3ccc4c(c3)OCO4)nc2)sc2c1c(=O)[nH]c(=O)n2CCC(F)(F)F. The number of rotatable bonds is 5. The lowest BCUT2D eigenvalue weighted by Gasteiger charge is -2.09. The quantitative estimate of drug-likeness (QED) is 0.439. The van der Waals surface area contributed by atoms with E-state index in [1.54, 1.807) is 37.3 Å². The lowest BCUT2D eigenvalue weighted by Crippen LogP contribution is -2.31. The lowest BCUT2D eigenvalue weighted by molar-refractivity contribution is -0.136. The fraction of sp³-hybridized carbons (Fsp3) is 0.227. The van der Waals surface area contributed by atoms with E-state index in [2.05, 4.69) is 9.97 Å². The summed E-state index contributed by atoms with van der Waals surface area (Å²) in [6.45, 7) is 1.24. The topological polar surface area (TPSA) is 95.4 Å². The summed E-state index contributed by atoms with van der Waals surface area (Å²) in [5.41, 5.74) is -0.335. The molecule has 1 aliphatic rings. The Labute approximate surface area is 193 Å². The third kappa shape index (κ3) is 4.12. The van der Waals surface area contributed by atoms with E-state index < -0.39 is 30.4 Å². The number of pyridine rings is 1. The van der Waals surface area contributed by atoms with Crippen LogP contribution in [0.5, 0.6) is 23.1 Å². The molecule has 5 rings (SSSR count). The molecule has 0 saturated heterocycles. The van der Waals surface area contributed by atoms with Crippen molar-refractivity contribution in [2.45, 2.75) is 26.1 Å². The first kappa shape index (κ1) is 22.0. The van der Waals surface area contributed by atoms with Gasteiger partial charge in [-0.1, -0.05) is 0 Å². The molecule has 3 aromatic heterocycles. The number of alkyl halides is 3. The molecule has 4 heterocycles. The van der Waals surface area contributed by atoms with Crippen molar-refractivity contribution < 1.29 is 27.4 Å². The number of H-pyrrole nitrogens is 1. The number of aromatic amines is 1. The number of hydrogen-bond acceptors (Lipinski definition) is 7. The highest BCUT2D eigenvalue weighted by atomic mass is 32.1. The van der Waals surface area contributed by atoms with E-state index in [-0.39, 0.29) is 17.0 Å². The van der Waals surface area contributed by atoms with Gasteiger partial charge in [0.15, 0.2) is 11.5 Å². The van der Waals surface area contributed by atoms with Crippen LogP contribution < -0.4 is 25.5 Å². The molecule has 1 N–H and O–H groups in total. The van der Waals surface area contributed by atoms with E-state index in [4.69, 9.17) is 14.2 Å². The van der Waals surface area contributed by atoms with Crippen molar-refractivity contribution in [1.82, 2.24) is 14.5 Å². The molecule has 4 aromatic rings. The van der Waals surface area contributed by atoms with Gasteiger partial charge in [0, 0.05) is 35.3 Å². The maximum absolute atomic E-state index is 12.7. The van der Waals surface area contributed by atoms with Crippen LogP contribution in [-0.4, -0.2) is 27.5 Å². The number of hydrogen-bond donors (Lipinski definition) is 1. The maximum atomic E-state index is 12.7. The van der Waals surface area contributed by atoms with Crippen molar-refractivity contribution in [3.8, 4) is 33.6 Å². The van der Waals surface area contributed by atoms with Crippen molar-refractivity contribution >= 4 is 21.6 Å². The predicted molar refractivity (Wildman–Crippen MR) is 118 cm³/mol. The van der Waals surface area contributed by atoms with Gasteiger partial charge in [0.2, 0.25) is 12.7 Å². The van der Waals surface area contributed by atoms with Gasteiger partial charge in [0.05, 0.1) is 11.8 Å². The van der Waals surface area contributed by atoms with Crippen LogP contribution in [0.3, 0.4) is 0 Å². The van der Waals surface area contributed by atoms with Gasteiger partial charge in [-0.25, -0.2) is 9.78 Å². The minimum Gasteiger partial charge on any atom is -0.454 e. The summed E-state index contributed by atoms with van der Waals surface area (Å²) in [4.78, 5) is 31.9. The van der Waals surface area contributed by atoms with Gasteiger partial charge in [-0.2, -0.15) is 13.2 Å². The molecule has 0 unspecified atom stereocenters. The van der Waals surface area contributed by atoms with Gasteiger partial charge in [0.25, 0.3) is 5.56 Å². The Bertz CT molecular complexity index is 1510. The van der Waals surface area contributed by atoms with Crippen LogP contribution in [0.2, 0.25) is 0 Å². The number of ether oxygens (including phenoxy) is 3. The van der Waals surface area contributed by atoms with Crippen molar-refractivity contribution in [2.75, 3.05) is 6.79 Å². The monoisotopic (exact) mass is 491 g/mol. The van der Waals surface area contributed by atoms with E-state index in [1.165, 1.54) is 6.20 Å². The Morgan fingerprint density at radius 1 is 1.18 bits per heavy atom. The molecule has 1 aliphatic heterocycles. The lowest BCUT2D eigenvalue weighted by atomic mass is 10.1. The number of aryl methyl sites for hydroxylation is 2. The Morgan fingerprint density at radius 3 is 2.71 bits per heavy atom. The van der Waals surface area contributed by atoms with Crippen LogP contribution in [0, 0.1) is 6.92 Å². The first-order valence-electron chi connectivity index (χ1n) is 10.1. The predicted octanol–water partition coefficient (Wildman–Crippen LogP) is 4.60. The average Bonchev–Trinajstić information content (AvgIpc) is 3.37. The van der Waals surface area contributed by atoms with Crippen molar-refractivity contribution in [1.29, 1.82) is 0 Å². The van der Waals surface area contributed by atoms with Crippen LogP contribution in [-0.2, 0) is 6.54 Å². The van der Waals surface area contributed by atoms with E-state index in [0.717, 1.165) is 15.9 Å². The highest BCUT2D eigenvalue weighted by Crippen LogP contribution is 2.38. The second kappa shape index (κ2) is 8.20. The normalized spacial score (nSPS) is 12.9. The number of benzene rings is 1. The van der Waals surface area contributed by atoms with Crippen LogP contribution in [0.4, 0.5) is 13.2 Å². The van der Waals surface area contributed by atoms with Gasteiger partial charge in [0.1, 0.15) is 10.6 Å². The largest absolute Gasteiger partial charge is 0.454 e. The minimum absolute atomic E-state index is 0.146. The molecule has 0 amide bonds. The van der Waals surface area contributed by atoms with Crippen LogP contribution in [0.25, 0.3) is 20.7 Å². The van der Waals surface area contributed by atoms with Gasteiger partial charge >= 0.3 is 11.9 Å². The summed E-state index contributed by atoms with van der Waals surface area (Å²) in [6.07, 6.45) is -4.09. The molecule has 0 bridgehead atoms. The first-order valence-corrected chi connectivity index (χ1v) is 10.9. The molecular weight excluding hydrogens is 475 g/mol. The van der Waals surface area contributed by atoms with Crippen LogP contribution in [0.1, 0.15) is 12.0 Å². The Kier molecular flexibility index (Phi) is 5.31. The van der Waals surface area contributed by atoms with Gasteiger partial charge < -0.3 is 14.2 Å². The number of fused-ring (bicyclic) bond motifs is 2. The second-order valence-corrected chi connectivity index (χ2v) is 8.51. The minimum atomic E-state index is -4.44. The molecule has 0 fully saturated rings. The number of thiophene rings is 1. The fourth-order valence-corrected chi connectivity index (χ4v) is 4.95. The molecule has 0 spiro atoms. The number of nitrogens with one attached hydrogen (secondary N) is 1. The summed E-state index contributed by atoms with van der Waals surface area (Å²) in [5.74, 6) is 2.00. The van der Waals surface area contributed by atoms with Gasteiger partial charge in [-0.15, -0.1) is 11.3 Å².